The number of fused-ring (bicyclic) bond motifs is 1. The van der Waals surface area contributed by atoms with Crippen LogP contribution in [0.3, 0.4) is 0 Å². The Hall–Kier alpha value is -2.17. The summed E-state index contributed by atoms with van der Waals surface area (Å²) in [5, 5.41) is 3.75. The summed E-state index contributed by atoms with van der Waals surface area (Å²) in [6, 6.07) is 17.7. The summed E-state index contributed by atoms with van der Waals surface area (Å²) < 4.78 is 0. The van der Waals surface area contributed by atoms with E-state index in [4.69, 9.17) is 0 Å². The number of hydrogen-bond donors (Lipinski definition) is 2. The number of H-pyrrole nitrogens is 1. The van der Waals surface area contributed by atoms with Crippen molar-refractivity contribution in [1.82, 2.24) is 20.2 Å². The third-order valence-corrected chi connectivity index (χ3v) is 5.34. The third kappa shape index (κ3) is 3.60. The van der Waals surface area contributed by atoms with Crippen LogP contribution in [0, 0.1) is 0 Å². The Morgan fingerprint density at radius 2 is 2.00 bits per heavy atom. The number of nitrogens with one attached hydrogen (secondary N) is 2. The van der Waals surface area contributed by atoms with Gasteiger partial charge < -0.3 is 10.3 Å². The SMILES string of the molecule is CC1(C)CC(NCc2ccc3nc[nH]c3c2)CN1Cc1ccccc1. The van der Waals surface area contributed by atoms with Gasteiger partial charge in [0.15, 0.2) is 0 Å². The zero-order valence-corrected chi connectivity index (χ0v) is 15.0. The van der Waals surface area contributed by atoms with Gasteiger partial charge in [0.2, 0.25) is 0 Å². The lowest BCUT2D eigenvalue weighted by Gasteiger charge is -2.31. The molecule has 0 amide bonds. The second-order valence-corrected chi connectivity index (χ2v) is 7.71. The van der Waals surface area contributed by atoms with Gasteiger partial charge in [0, 0.05) is 31.2 Å². The predicted molar refractivity (Wildman–Crippen MR) is 102 cm³/mol. The van der Waals surface area contributed by atoms with Crippen molar-refractivity contribution in [3.63, 3.8) is 0 Å². The topological polar surface area (TPSA) is 44.0 Å². The first-order valence-electron chi connectivity index (χ1n) is 9.04. The van der Waals surface area contributed by atoms with Crippen LogP contribution in [0.15, 0.2) is 54.9 Å². The van der Waals surface area contributed by atoms with E-state index in [0.29, 0.717) is 6.04 Å². The van der Waals surface area contributed by atoms with Crippen molar-refractivity contribution in [2.45, 2.75) is 44.9 Å². The molecule has 1 aliphatic heterocycles. The molecule has 1 aromatic heterocycles. The number of likely N-dealkylation sites (tertiary alicyclic amines) is 1. The Morgan fingerprint density at radius 1 is 1.16 bits per heavy atom. The van der Waals surface area contributed by atoms with Crippen LogP contribution in [0.1, 0.15) is 31.4 Å². The van der Waals surface area contributed by atoms with Crippen LogP contribution in [0.2, 0.25) is 0 Å². The Labute approximate surface area is 149 Å². The molecule has 1 unspecified atom stereocenters. The molecule has 0 spiro atoms. The molecular weight excluding hydrogens is 308 g/mol. The normalized spacial score (nSPS) is 20.3. The van der Waals surface area contributed by atoms with Crippen molar-refractivity contribution in [1.29, 1.82) is 0 Å². The Kier molecular flexibility index (Phi) is 4.32. The lowest BCUT2D eigenvalue weighted by Crippen LogP contribution is -2.37. The van der Waals surface area contributed by atoms with E-state index in [1.54, 1.807) is 6.33 Å². The van der Waals surface area contributed by atoms with Gasteiger partial charge in [0.05, 0.1) is 17.4 Å². The van der Waals surface area contributed by atoms with Gasteiger partial charge in [-0.15, -0.1) is 0 Å². The van der Waals surface area contributed by atoms with Crippen LogP contribution in [-0.4, -0.2) is 33.0 Å². The average Bonchev–Trinajstić information content (AvgIpc) is 3.17. The maximum atomic E-state index is 4.28. The molecule has 130 valence electrons. The largest absolute Gasteiger partial charge is 0.345 e. The molecule has 0 saturated carbocycles. The second-order valence-electron chi connectivity index (χ2n) is 7.71. The van der Waals surface area contributed by atoms with E-state index >= 15 is 0 Å². The second kappa shape index (κ2) is 6.62. The molecule has 4 nitrogen and oxygen atoms in total. The molecule has 1 fully saturated rings. The predicted octanol–water partition coefficient (Wildman–Crippen LogP) is 3.71. The molecule has 0 bridgehead atoms. The molecule has 0 aliphatic carbocycles. The molecule has 1 aliphatic rings. The van der Waals surface area contributed by atoms with Gasteiger partial charge in [-0.3, -0.25) is 4.90 Å². The lowest BCUT2D eigenvalue weighted by molar-refractivity contribution is 0.166. The molecule has 25 heavy (non-hydrogen) atoms. The minimum absolute atomic E-state index is 0.223. The highest BCUT2D eigenvalue weighted by Gasteiger charge is 2.37. The van der Waals surface area contributed by atoms with E-state index in [1.807, 2.05) is 0 Å². The number of rotatable bonds is 5. The van der Waals surface area contributed by atoms with Gasteiger partial charge in [-0.1, -0.05) is 36.4 Å². The van der Waals surface area contributed by atoms with Crippen molar-refractivity contribution in [2.24, 2.45) is 0 Å². The van der Waals surface area contributed by atoms with Crippen molar-refractivity contribution < 1.29 is 0 Å². The van der Waals surface area contributed by atoms with E-state index in [-0.39, 0.29) is 5.54 Å². The number of imidazole rings is 1. The summed E-state index contributed by atoms with van der Waals surface area (Å²) in [7, 11) is 0. The number of aromatic nitrogens is 2. The first-order valence-corrected chi connectivity index (χ1v) is 9.04. The third-order valence-electron chi connectivity index (χ3n) is 5.34. The maximum absolute atomic E-state index is 4.28. The number of hydrogen-bond acceptors (Lipinski definition) is 3. The highest BCUT2D eigenvalue weighted by atomic mass is 15.2. The van der Waals surface area contributed by atoms with Gasteiger partial charge >= 0.3 is 0 Å². The zero-order chi connectivity index (χ0) is 17.3. The highest BCUT2D eigenvalue weighted by Crippen LogP contribution is 2.30. The van der Waals surface area contributed by atoms with Crippen LogP contribution in [0.4, 0.5) is 0 Å². The summed E-state index contributed by atoms with van der Waals surface area (Å²) in [5.74, 6) is 0. The Morgan fingerprint density at radius 3 is 2.84 bits per heavy atom. The number of nitrogens with zero attached hydrogens (tertiary/aromatic N) is 2. The van der Waals surface area contributed by atoms with E-state index in [9.17, 15) is 0 Å². The Bertz CT molecular complexity index is 837. The van der Waals surface area contributed by atoms with Crippen LogP contribution >= 0.6 is 0 Å². The highest BCUT2D eigenvalue weighted by molar-refractivity contribution is 5.74. The van der Waals surface area contributed by atoms with Crippen LogP contribution in [0.5, 0.6) is 0 Å². The van der Waals surface area contributed by atoms with Crippen LogP contribution in [-0.2, 0) is 13.1 Å². The van der Waals surface area contributed by atoms with Crippen LogP contribution < -0.4 is 5.32 Å². The molecule has 1 atom stereocenters. The number of aromatic amines is 1. The molecule has 2 N–H and O–H groups in total. The molecule has 1 saturated heterocycles. The summed E-state index contributed by atoms with van der Waals surface area (Å²) in [6.07, 6.45) is 2.93. The van der Waals surface area contributed by atoms with E-state index < -0.39 is 0 Å². The zero-order valence-electron chi connectivity index (χ0n) is 15.0. The first kappa shape index (κ1) is 16.3. The molecule has 4 rings (SSSR count). The van der Waals surface area contributed by atoms with Crippen molar-refractivity contribution in [2.75, 3.05) is 6.54 Å². The fraction of sp³-hybridized carbons (Fsp3) is 0.381. The van der Waals surface area contributed by atoms with Crippen molar-refractivity contribution in [3.05, 3.63) is 66.0 Å². The lowest BCUT2D eigenvalue weighted by atomic mass is 9.99. The van der Waals surface area contributed by atoms with Crippen LogP contribution in [0.25, 0.3) is 11.0 Å². The van der Waals surface area contributed by atoms with Crippen molar-refractivity contribution in [3.8, 4) is 0 Å². The molecule has 4 heteroatoms. The van der Waals surface area contributed by atoms with Gasteiger partial charge in [-0.25, -0.2) is 4.98 Å². The molecule has 2 aromatic carbocycles. The van der Waals surface area contributed by atoms with E-state index in [2.05, 4.69) is 82.6 Å². The standard InChI is InChI=1S/C21H26N4/c1-21(2)11-18(14-25(21)13-16-6-4-3-5-7-16)22-12-17-8-9-19-20(10-17)24-15-23-19/h3-10,15,18,22H,11-14H2,1-2H3,(H,23,24). The summed E-state index contributed by atoms with van der Waals surface area (Å²) in [5.41, 5.74) is 5.05. The average molecular weight is 334 g/mol. The fourth-order valence-corrected chi connectivity index (χ4v) is 3.88. The summed E-state index contributed by atoms with van der Waals surface area (Å²) >= 11 is 0. The van der Waals surface area contributed by atoms with Gasteiger partial charge in [0.25, 0.3) is 0 Å². The van der Waals surface area contributed by atoms with Gasteiger partial charge in [-0.2, -0.15) is 0 Å². The van der Waals surface area contributed by atoms with Gasteiger partial charge in [-0.05, 0) is 43.5 Å². The van der Waals surface area contributed by atoms with E-state index in [1.165, 1.54) is 17.5 Å². The minimum Gasteiger partial charge on any atom is -0.345 e. The fourth-order valence-electron chi connectivity index (χ4n) is 3.88. The smallest absolute Gasteiger partial charge is 0.0931 e. The van der Waals surface area contributed by atoms with Gasteiger partial charge in [0.1, 0.15) is 0 Å². The first-order chi connectivity index (χ1) is 12.1. The summed E-state index contributed by atoms with van der Waals surface area (Å²) in [4.78, 5) is 10.1. The monoisotopic (exact) mass is 334 g/mol. The Balaban J connectivity index is 1.38. The number of benzene rings is 2. The molecule has 0 radical (unpaired) electrons. The molecule has 3 aromatic rings. The van der Waals surface area contributed by atoms with E-state index in [0.717, 1.165) is 30.7 Å². The molecular formula is C21H26N4. The van der Waals surface area contributed by atoms with Crippen molar-refractivity contribution >= 4 is 11.0 Å². The quantitative estimate of drug-likeness (QED) is 0.748. The minimum atomic E-state index is 0.223. The maximum Gasteiger partial charge on any atom is 0.0931 e. The summed E-state index contributed by atoms with van der Waals surface area (Å²) in [6.45, 7) is 7.72. The molecule has 2 heterocycles.